The van der Waals surface area contributed by atoms with Gasteiger partial charge in [-0.3, -0.25) is 14.4 Å². The number of hydrogen-bond acceptors (Lipinski definition) is 4. The fourth-order valence-electron chi connectivity index (χ4n) is 1.47. The minimum atomic E-state index is -0.508. The van der Waals surface area contributed by atoms with E-state index in [9.17, 15) is 14.4 Å². The predicted octanol–water partition coefficient (Wildman–Crippen LogP) is 1.74. The van der Waals surface area contributed by atoms with E-state index in [1.807, 2.05) is 0 Å². The summed E-state index contributed by atoms with van der Waals surface area (Å²) in [6.07, 6.45) is -0.0183. The summed E-state index contributed by atoms with van der Waals surface area (Å²) in [5.74, 6) is -1.22. The van der Waals surface area contributed by atoms with Crippen molar-refractivity contribution >= 4 is 35.1 Å². The molecular formula is C14H17ClN2O4. The zero-order valence-corrected chi connectivity index (χ0v) is 12.4. The zero-order valence-electron chi connectivity index (χ0n) is 11.6. The van der Waals surface area contributed by atoms with E-state index in [0.29, 0.717) is 10.7 Å². The first kappa shape index (κ1) is 17.0. The molecule has 0 aliphatic rings. The molecule has 0 aliphatic carbocycles. The molecule has 0 unspecified atom stereocenters. The molecule has 7 heteroatoms. The molecule has 0 aromatic heterocycles. The van der Waals surface area contributed by atoms with Crippen molar-refractivity contribution in [2.75, 3.05) is 18.5 Å². The number of anilines is 1. The van der Waals surface area contributed by atoms with Gasteiger partial charge in [-0.1, -0.05) is 23.7 Å². The molecule has 0 radical (unpaired) electrons. The molecule has 2 amide bonds. The van der Waals surface area contributed by atoms with Gasteiger partial charge in [0.15, 0.2) is 0 Å². The topological polar surface area (TPSA) is 84.5 Å². The van der Waals surface area contributed by atoms with Gasteiger partial charge >= 0.3 is 5.97 Å². The van der Waals surface area contributed by atoms with Gasteiger partial charge in [0.05, 0.1) is 17.3 Å². The number of carbonyl (C=O) groups excluding carboxylic acids is 3. The van der Waals surface area contributed by atoms with Gasteiger partial charge in [-0.2, -0.15) is 0 Å². The molecule has 114 valence electrons. The van der Waals surface area contributed by atoms with Crippen LogP contribution in [0, 0.1) is 0 Å². The minimum Gasteiger partial charge on any atom is -0.465 e. The molecule has 0 saturated carbocycles. The van der Waals surface area contributed by atoms with Gasteiger partial charge < -0.3 is 15.4 Å². The number of esters is 1. The lowest BCUT2D eigenvalue weighted by Crippen LogP contribution is -2.31. The fraction of sp³-hybridized carbons (Fsp3) is 0.357. The van der Waals surface area contributed by atoms with E-state index in [2.05, 4.69) is 15.4 Å². The quantitative estimate of drug-likeness (QED) is 0.751. The molecule has 0 heterocycles. The first-order valence-corrected chi connectivity index (χ1v) is 6.87. The van der Waals surface area contributed by atoms with Crippen LogP contribution in [0.4, 0.5) is 5.69 Å². The summed E-state index contributed by atoms with van der Waals surface area (Å²) in [4.78, 5) is 34.2. The third-order valence-electron chi connectivity index (χ3n) is 2.46. The maximum atomic E-state index is 11.7. The van der Waals surface area contributed by atoms with Crippen molar-refractivity contribution in [2.45, 2.75) is 19.8 Å². The number of carbonyl (C=O) groups is 3. The van der Waals surface area contributed by atoms with Crippen molar-refractivity contribution in [1.29, 1.82) is 0 Å². The predicted molar refractivity (Wildman–Crippen MR) is 79.0 cm³/mol. The Morgan fingerprint density at radius 3 is 2.48 bits per heavy atom. The first-order chi connectivity index (χ1) is 10.0. The molecule has 1 rings (SSSR count). The minimum absolute atomic E-state index is 0.000117. The Hall–Kier alpha value is -2.08. The van der Waals surface area contributed by atoms with E-state index in [1.165, 1.54) is 0 Å². The van der Waals surface area contributed by atoms with E-state index >= 15 is 0 Å². The highest BCUT2D eigenvalue weighted by Gasteiger charge is 2.10. The molecule has 0 aliphatic heterocycles. The fourth-order valence-corrected chi connectivity index (χ4v) is 1.66. The number of para-hydroxylation sites is 1. The average Bonchev–Trinajstić information content (AvgIpc) is 2.46. The number of hydrogen-bond donors (Lipinski definition) is 2. The van der Waals surface area contributed by atoms with E-state index in [4.69, 9.17) is 11.6 Å². The number of rotatable bonds is 7. The second kappa shape index (κ2) is 8.97. The maximum absolute atomic E-state index is 11.7. The molecule has 6 nitrogen and oxygen atoms in total. The molecule has 0 spiro atoms. The molecule has 2 N–H and O–H groups in total. The number of amides is 2. The van der Waals surface area contributed by atoms with Crippen LogP contribution in [0.15, 0.2) is 24.3 Å². The van der Waals surface area contributed by atoms with Gasteiger partial charge in [-0.15, -0.1) is 0 Å². The second-order valence-corrected chi connectivity index (χ2v) is 4.52. The highest BCUT2D eigenvalue weighted by molar-refractivity contribution is 6.33. The molecule has 1 aromatic rings. The lowest BCUT2D eigenvalue weighted by molar-refractivity contribution is -0.143. The van der Waals surface area contributed by atoms with Crippen LogP contribution in [-0.2, 0) is 19.1 Å². The van der Waals surface area contributed by atoms with E-state index in [1.54, 1.807) is 31.2 Å². The van der Waals surface area contributed by atoms with Crippen molar-refractivity contribution in [1.82, 2.24) is 5.32 Å². The highest BCUT2D eigenvalue weighted by atomic mass is 35.5. The Morgan fingerprint density at radius 1 is 1.14 bits per heavy atom. The average molecular weight is 313 g/mol. The molecule has 1 aromatic carbocycles. The van der Waals surface area contributed by atoms with Crippen LogP contribution in [0.25, 0.3) is 0 Å². The third-order valence-corrected chi connectivity index (χ3v) is 2.79. The van der Waals surface area contributed by atoms with Gasteiger partial charge in [0.25, 0.3) is 0 Å². The molecule has 0 bridgehead atoms. The Labute approximate surface area is 127 Å². The van der Waals surface area contributed by atoms with Crippen LogP contribution in [0.1, 0.15) is 19.8 Å². The maximum Gasteiger partial charge on any atom is 0.325 e. The molecule has 0 saturated heterocycles. The Morgan fingerprint density at radius 2 is 1.81 bits per heavy atom. The van der Waals surface area contributed by atoms with Crippen LogP contribution >= 0.6 is 11.6 Å². The Bertz CT molecular complexity index is 519. The number of benzene rings is 1. The molecule has 0 atom stereocenters. The van der Waals surface area contributed by atoms with Crippen LogP contribution in [0.3, 0.4) is 0 Å². The second-order valence-electron chi connectivity index (χ2n) is 4.11. The first-order valence-electron chi connectivity index (χ1n) is 6.49. The summed E-state index contributed by atoms with van der Waals surface area (Å²) >= 11 is 5.90. The van der Waals surface area contributed by atoms with Crippen molar-refractivity contribution in [3.8, 4) is 0 Å². The Balaban J connectivity index is 2.28. The normalized spacial score (nSPS) is 9.81. The van der Waals surface area contributed by atoms with E-state index in [0.717, 1.165) is 0 Å². The largest absolute Gasteiger partial charge is 0.465 e. The molecule has 21 heavy (non-hydrogen) atoms. The number of halogens is 1. The monoisotopic (exact) mass is 312 g/mol. The van der Waals surface area contributed by atoms with Gasteiger partial charge in [-0.25, -0.2) is 0 Å². The van der Waals surface area contributed by atoms with E-state index in [-0.39, 0.29) is 31.9 Å². The summed E-state index contributed by atoms with van der Waals surface area (Å²) in [5.41, 5.74) is 0.496. The van der Waals surface area contributed by atoms with Crippen molar-refractivity contribution in [3.05, 3.63) is 29.3 Å². The van der Waals surface area contributed by atoms with Crippen LogP contribution in [0.5, 0.6) is 0 Å². The van der Waals surface area contributed by atoms with Gasteiger partial charge in [0.1, 0.15) is 6.54 Å². The lowest BCUT2D eigenvalue weighted by Gasteiger charge is -2.07. The third kappa shape index (κ3) is 6.76. The lowest BCUT2D eigenvalue weighted by atomic mass is 10.2. The molecular weight excluding hydrogens is 296 g/mol. The van der Waals surface area contributed by atoms with Gasteiger partial charge in [0.2, 0.25) is 11.8 Å². The standard InChI is InChI=1S/C14H17ClN2O4/c1-2-21-14(20)9-16-12(18)7-8-13(19)17-11-6-4-3-5-10(11)15/h3-6H,2,7-9H2,1H3,(H,16,18)(H,17,19). The van der Waals surface area contributed by atoms with Crippen molar-refractivity contribution in [3.63, 3.8) is 0 Å². The zero-order chi connectivity index (χ0) is 15.7. The van der Waals surface area contributed by atoms with E-state index < -0.39 is 11.9 Å². The number of ether oxygens (including phenoxy) is 1. The molecule has 0 fully saturated rings. The number of nitrogens with one attached hydrogen (secondary N) is 2. The SMILES string of the molecule is CCOC(=O)CNC(=O)CCC(=O)Nc1ccccc1Cl. The summed E-state index contributed by atoms with van der Waals surface area (Å²) in [6.45, 7) is 1.74. The summed E-state index contributed by atoms with van der Waals surface area (Å²) in [5, 5.41) is 5.41. The highest BCUT2D eigenvalue weighted by Crippen LogP contribution is 2.20. The van der Waals surface area contributed by atoms with Gasteiger partial charge in [-0.05, 0) is 19.1 Å². The summed E-state index contributed by atoms with van der Waals surface area (Å²) < 4.78 is 4.66. The van der Waals surface area contributed by atoms with Crippen LogP contribution in [0.2, 0.25) is 5.02 Å². The summed E-state index contributed by atoms with van der Waals surface area (Å²) in [7, 11) is 0. The van der Waals surface area contributed by atoms with Crippen LogP contribution in [-0.4, -0.2) is 30.9 Å². The smallest absolute Gasteiger partial charge is 0.325 e. The van der Waals surface area contributed by atoms with Crippen LogP contribution < -0.4 is 10.6 Å². The van der Waals surface area contributed by atoms with Crippen molar-refractivity contribution in [2.24, 2.45) is 0 Å². The van der Waals surface area contributed by atoms with Crippen molar-refractivity contribution < 1.29 is 19.1 Å². The summed E-state index contributed by atoms with van der Waals surface area (Å²) in [6, 6.07) is 6.82. The Kier molecular flexibility index (Phi) is 7.25. The van der Waals surface area contributed by atoms with Gasteiger partial charge in [0, 0.05) is 12.8 Å².